The van der Waals surface area contributed by atoms with Crippen LogP contribution in [0.4, 0.5) is 21.9 Å². The van der Waals surface area contributed by atoms with Gasteiger partial charge in [-0.1, -0.05) is 23.2 Å². The summed E-state index contributed by atoms with van der Waals surface area (Å²) >= 11 is 11.9. The van der Waals surface area contributed by atoms with Crippen molar-refractivity contribution in [3.05, 3.63) is 52.0 Å². The molecule has 2 N–H and O–H groups in total. The van der Waals surface area contributed by atoms with Crippen molar-refractivity contribution in [2.75, 3.05) is 48.9 Å². The van der Waals surface area contributed by atoms with Gasteiger partial charge in [-0.2, -0.15) is 0 Å². The molecule has 1 fully saturated rings. The lowest BCUT2D eigenvalue weighted by Crippen LogP contribution is -2.37. The van der Waals surface area contributed by atoms with Crippen molar-refractivity contribution in [2.45, 2.75) is 0 Å². The zero-order valence-electron chi connectivity index (χ0n) is 15.1. The third-order valence-electron chi connectivity index (χ3n) is 4.13. The van der Waals surface area contributed by atoms with Crippen LogP contribution in [0, 0.1) is 0 Å². The standard InChI is InChI=1S/C19H19Cl2N3O4/c1-27-18(25)16-11-14(2-3-17(16)24-4-6-28-7-5-24)22-19(26)23-15-9-12(20)8-13(21)10-15/h2-3,8-11H,4-7H2,1H3,(H2,22,23,26). The summed E-state index contributed by atoms with van der Waals surface area (Å²) in [5.74, 6) is -0.479. The molecule has 0 atom stereocenters. The monoisotopic (exact) mass is 423 g/mol. The van der Waals surface area contributed by atoms with Crippen LogP contribution < -0.4 is 15.5 Å². The van der Waals surface area contributed by atoms with Crippen LogP contribution in [0.25, 0.3) is 0 Å². The number of urea groups is 1. The molecule has 2 amide bonds. The van der Waals surface area contributed by atoms with Crippen molar-refractivity contribution in [3.63, 3.8) is 0 Å². The number of hydrogen-bond acceptors (Lipinski definition) is 5. The van der Waals surface area contributed by atoms with Crippen LogP contribution in [0.3, 0.4) is 0 Å². The molecule has 0 aliphatic carbocycles. The highest BCUT2D eigenvalue weighted by Gasteiger charge is 2.20. The normalized spacial score (nSPS) is 13.8. The van der Waals surface area contributed by atoms with Gasteiger partial charge in [-0.3, -0.25) is 0 Å². The van der Waals surface area contributed by atoms with Crippen LogP contribution in [0.1, 0.15) is 10.4 Å². The van der Waals surface area contributed by atoms with E-state index in [4.69, 9.17) is 32.7 Å². The largest absolute Gasteiger partial charge is 0.465 e. The van der Waals surface area contributed by atoms with E-state index in [0.717, 1.165) is 5.69 Å². The van der Waals surface area contributed by atoms with E-state index in [1.165, 1.54) is 7.11 Å². The van der Waals surface area contributed by atoms with Crippen LogP contribution >= 0.6 is 23.2 Å². The van der Waals surface area contributed by atoms with Gasteiger partial charge < -0.3 is 25.0 Å². The Morgan fingerprint density at radius 1 is 1.00 bits per heavy atom. The van der Waals surface area contributed by atoms with Crippen LogP contribution in [-0.2, 0) is 9.47 Å². The van der Waals surface area contributed by atoms with E-state index >= 15 is 0 Å². The first-order valence-corrected chi connectivity index (χ1v) is 9.31. The number of benzene rings is 2. The Kier molecular flexibility index (Phi) is 6.61. The lowest BCUT2D eigenvalue weighted by molar-refractivity contribution is 0.0600. The first-order chi connectivity index (χ1) is 13.5. The van der Waals surface area contributed by atoms with Crippen molar-refractivity contribution < 1.29 is 19.1 Å². The molecule has 9 heteroatoms. The van der Waals surface area contributed by atoms with E-state index in [0.29, 0.717) is 53.3 Å². The van der Waals surface area contributed by atoms with E-state index in [9.17, 15) is 9.59 Å². The fourth-order valence-corrected chi connectivity index (χ4v) is 3.41. The zero-order chi connectivity index (χ0) is 20.1. The molecule has 7 nitrogen and oxygen atoms in total. The van der Waals surface area contributed by atoms with Gasteiger partial charge in [-0.15, -0.1) is 0 Å². The maximum Gasteiger partial charge on any atom is 0.340 e. The molecule has 1 saturated heterocycles. The Bertz CT molecular complexity index is 865. The van der Waals surface area contributed by atoms with Crippen molar-refractivity contribution in [2.24, 2.45) is 0 Å². The second kappa shape index (κ2) is 9.14. The number of esters is 1. The minimum Gasteiger partial charge on any atom is -0.465 e. The Labute approximate surface area is 172 Å². The summed E-state index contributed by atoms with van der Waals surface area (Å²) in [5.41, 5.74) is 2.01. The molecule has 2 aromatic rings. The number of carbonyl (C=O) groups excluding carboxylic acids is 2. The second-order valence-electron chi connectivity index (χ2n) is 6.06. The third kappa shape index (κ3) is 5.07. The summed E-state index contributed by atoms with van der Waals surface area (Å²) in [4.78, 5) is 26.6. The molecule has 0 bridgehead atoms. The third-order valence-corrected chi connectivity index (χ3v) is 4.57. The first kappa shape index (κ1) is 20.3. The molecular formula is C19H19Cl2N3O4. The van der Waals surface area contributed by atoms with Gasteiger partial charge in [0.15, 0.2) is 0 Å². The van der Waals surface area contributed by atoms with Gasteiger partial charge in [-0.05, 0) is 36.4 Å². The highest BCUT2D eigenvalue weighted by atomic mass is 35.5. The lowest BCUT2D eigenvalue weighted by Gasteiger charge is -2.30. The number of carbonyl (C=O) groups is 2. The molecule has 1 aliphatic rings. The number of ether oxygens (including phenoxy) is 2. The van der Waals surface area contributed by atoms with Crippen LogP contribution in [0.2, 0.25) is 10.0 Å². The van der Waals surface area contributed by atoms with E-state index in [-0.39, 0.29) is 0 Å². The predicted molar refractivity (Wildman–Crippen MR) is 110 cm³/mol. The molecule has 0 spiro atoms. The average molecular weight is 424 g/mol. The summed E-state index contributed by atoms with van der Waals surface area (Å²) in [7, 11) is 1.32. The number of hydrogen-bond donors (Lipinski definition) is 2. The molecule has 148 valence electrons. The maximum absolute atomic E-state index is 12.3. The predicted octanol–water partition coefficient (Wildman–Crippen LogP) is 4.26. The highest BCUT2D eigenvalue weighted by molar-refractivity contribution is 6.35. The minimum atomic E-state index is -0.492. The first-order valence-electron chi connectivity index (χ1n) is 8.55. The summed E-state index contributed by atoms with van der Waals surface area (Å²) in [6, 6.07) is 9.32. The molecule has 0 saturated carbocycles. The number of amides is 2. The van der Waals surface area contributed by atoms with Crippen molar-refractivity contribution >= 4 is 52.3 Å². The molecule has 28 heavy (non-hydrogen) atoms. The van der Waals surface area contributed by atoms with Gasteiger partial charge in [0.25, 0.3) is 0 Å². The minimum absolute atomic E-state index is 0.369. The summed E-state index contributed by atoms with van der Waals surface area (Å²) in [6.45, 7) is 2.52. The van der Waals surface area contributed by atoms with Gasteiger partial charge >= 0.3 is 12.0 Å². The molecule has 0 aromatic heterocycles. The molecular weight excluding hydrogens is 405 g/mol. The van der Waals surface area contributed by atoms with Gasteiger partial charge in [0.2, 0.25) is 0 Å². The number of morpholine rings is 1. The van der Waals surface area contributed by atoms with Gasteiger partial charge in [-0.25, -0.2) is 9.59 Å². The van der Waals surface area contributed by atoms with Crippen LogP contribution in [0.15, 0.2) is 36.4 Å². The number of nitrogens with one attached hydrogen (secondary N) is 2. The van der Waals surface area contributed by atoms with Crippen LogP contribution in [0.5, 0.6) is 0 Å². The van der Waals surface area contributed by atoms with Gasteiger partial charge in [0, 0.05) is 34.5 Å². The summed E-state index contributed by atoms with van der Waals surface area (Å²) in [5, 5.41) is 6.16. The van der Waals surface area contributed by atoms with Crippen LogP contribution in [-0.4, -0.2) is 45.4 Å². The average Bonchev–Trinajstić information content (AvgIpc) is 2.67. The van der Waals surface area contributed by atoms with Crippen molar-refractivity contribution in [3.8, 4) is 0 Å². The molecule has 1 heterocycles. The SMILES string of the molecule is COC(=O)c1cc(NC(=O)Nc2cc(Cl)cc(Cl)c2)ccc1N1CCOCC1. The fourth-order valence-electron chi connectivity index (χ4n) is 2.89. The van der Waals surface area contributed by atoms with Crippen molar-refractivity contribution in [1.29, 1.82) is 0 Å². The Morgan fingerprint density at radius 2 is 1.64 bits per heavy atom. The molecule has 0 radical (unpaired) electrons. The van der Waals surface area contributed by atoms with Crippen molar-refractivity contribution in [1.82, 2.24) is 0 Å². The lowest BCUT2D eigenvalue weighted by atomic mass is 10.1. The van der Waals surface area contributed by atoms with Gasteiger partial charge in [0.05, 0.1) is 31.6 Å². The maximum atomic E-state index is 12.3. The number of rotatable bonds is 4. The Balaban J connectivity index is 1.77. The van der Waals surface area contributed by atoms with E-state index in [1.807, 2.05) is 4.90 Å². The van der Waals surface area contributed by atoms with E-state index in [2.05, 4.69) is 10.6 Å². The van der Waals surface area contributed by atoms with E-state index in [1.54, 1.807) is 36.4 Å². The topological polar surface area (TPSA) is 79.9 Å². The number of halogens is 2. The molecule has 3 rings (SSSR count). The summed E-state index contributed by atoms with van der Waals surface area (Å²) < 4.78 is 10.3. The smallest absolute Gasteiger partial charge is 0.340 e. The molecule has 0 unspecified atom stereocenters. The number of anilines is 3. The van der Waals surface area contributed by atoms with E-state index < -0.39 is 12.0 Å². The number of methoxy groups -OCH3 is 1. The number of nitrogens with zero attached hydrogens (tertiary/aromatic N) is 1. The molecule has 1 aliphatic heterocycles. The quantitative estimate of drug-likeness (QED) is 0.717. The van der Waals surface area contributed by atoms with Gasteiger partial charge in [0.1, 0.15) is 0 Å². The Morgan fingerprint density at radius 3 is 2.29 bits per heavy atom. The summed E-state index contributed by atoms with van der Waals surface area (Å²) in [6.07, 6.45) is 0. The second-order valence-corrected chi connectivity index (χ2v) is 6.93. The highest BCUT2D eigenvalue weighted by Crippen LogP contribution is 2.27. The Hall–Kier alpha value is -2.48. The molecule has 2 aromatic carbocycles. The zero-order valence-corrected chi connectivity index (χ0v) is 16.6. The fraction of sp³-hybridized carbons (Fsp3) is 0.263.